The van der Waals surface area contributed by atoms with Gasteiger partial charge in [0, 0.05) is 12.6 Å². The molecule has 0 atom stereocenters. The Morgan fingerprint density at radius 2 is 1.95 bits per heavy atom. The zero-order chi connectivity index (χ0) is 14.2. The second-order valence-corrected chi connectivity index (χ2v) is 4.50. The largest absolute Gasteiger partial charge is 0.477 e. The molecule has 1 N–H and O–H groups in total. The maximum Gasteiger partial charge on any atom is 0.341 e. The summed E-state index contributed by atoms with van der Waals surface area (Å²) in [6, 6.07) is 7.16. The zero-order valence-corrected chi connectivity index (χ0v) is 11.0. The third kappa shape index (κ3) is 2.40. The van der Waals surface area contributed by atoms with Crippen LogP contribution in [0.1, 0.15) is 21.5 Å². The van der Waals surface area contributed by atoms with E-state index >= 15 is 0 Å². The fourth-order valence-corrected chi connectivity index (χ4v) is 1.91. The van der Waals surface area contributed by atoms with E-state index in [4.69, 9.17) is 5.11 Å². The Hall–Kier alpha value is -2.43. The lowest BCUT2D eigenvalue weighted by atomic mass is 10.0. The van der Waals surface area contributed by atoms with Crippen molar-refractivity contribution >= 4 is 5.97 Å². The summed E-state index contributed by atoms with van der Waals surface area (Å²) in [7, 11) is 1.45. The number of rotatable bonds is 2. The quantitative estimate of drug-likeness (QED) is 0.890. The first-order chi connectivity index (χ1) is 8.90. The Morgan fingerprint density at radius 3 is 2.58 bits per heavy atom. The molecule has 0 aliphatic rings. The summed E-state index contributed by atoms with van der Waals surface area (Å²) in [6.45, 7) is 3.87. The Kier molecular flexibility index (Phi) is 3.21. The molecule has 0 fully saturated rings. The van der Waals surface area contributed by atoms with Gasteiger partial charge in [0.25, 0.3) is 5.56 Å². The Balaban J connectivity index is 2.73. The standard InChI is InChI=1S/C14H14N2O3/c1-8-4-5-9(2)10(6-8)12-7-11(14(18)19)13(17)16(3)15-12/h4-7H,1-3H3,(H,18,19). The monoisotopic (exact) mass is 258 g/mol. The second-order valence-electron chi connectivity index (χ2n) is 4.50. The van der Waals surface area contributed by atoms with Gasteiger partial charge in [0.1, 0.15) is 5.56 Å². The lowest BCUT2D eigenvalue weighted by Crippen LogP contribution is -2.26. The van der Waals surface area contributed by atoms with E-state index in [9.17, 15) is 9.59 Å². The third-order valence-corrected chi connectivity index (χ3v) is 2.96. The topological polar surface area (TPSA) is 72.2 Å². The Morgan fingerprint density at radius 1 is 1.26 bits per heavy atom. The number of carbonyl (C=O) groups is 1. The average Bonchev–Trinajstić information content (AvgIpc) is 2.35. The van der Waals surface area contributed by atoms with Gasteiger partial charge in [-0.3, -0.25) is 4.79 Å². The van der Waals surface area contributed by atoms with Crippen LogP contribution in [0.3, 0.4) is 0 Å². The van der Waals surface area contributed by atoms with Gasteiger partial charge >= 0.3 is 5.97 Å². The van der Waals surface area contributed by atoms with Crippen LogP contribution in [-0.2, 0) is 7.05 Å². The van der Waals surface area contributed by atoms with Gasteiger partial charge in [-0.2, -0.15) is 5.10 Å². The summed E-state index contributed by atoms with van der Waals surface area (Å²) in [5.41, 5.74) is 2.47. The van der Waals surface area contributed by atoms with Crippen LogP contribution in [0.2, 0.25) is 0 Å². The molecule has 0 radical (unpaired) electrons. The first-order valence-corrected chi connectivity index (χ1v) is 5.79. The number of aryl methyl sites for hydroxylation is 3. The molecule has 0 bridgehead atoms. The zero-order valence-electron chi connectivity index (χ0n) is 11.0. The number of benzene rings is 1. The second kappa shape index (κ2) is 4.68. The molecule has 2 rings (SSSR count). The van der Waals surface area contributed by atoms with E-state index in [2.05, 4.69) is 5.10 Å². The molecule has 1 aromatic heterocycles. The van der Waals surface area contributed by atoms with Crippen molar-refractivity contribution in [2.45, 2.75) is 13.8 Å². The molecule has 5 nitrogen and oxygen atoms in total. The van der Waals surface area contributed by atoms with E-state index in [0.717, 1.165) is 21.4 Å². The maximum atomic E-state index is 11.7. The van der Waals surface area contributed by atoms with Crippen molar-refractivity contribution in [1.82, 2.24) is 9.78 Å². The van der Waals surface area contributed by atoms with E-state index in [1.54, 1.807) is 0 Å². The van der Waals surface area contributed by atoms with Crippen molar-refractivity contribution in [3.05, 3.63) is 51.3 Å². The van der Waals surface area contributed by atoms with E-state index in [1.165, 1.54) is 13.1 Å². The van der Waals surface area contributed by atoms with Crippen LogP contribution in [0.4, 0.5) is 0 Å². The van der Waals surface area contributed by atoms with Gasteiger partial charge in [-0.25, -0.2) is 9.48 Å². The summed E-state index contributed by atoms with van der Waals surface area (Å²) in [5.74, 6) is -1.24. The first kappa shape index (κ1) is 13.0. The predicted molar refractivity (Wildman–Crippen MR) is 71.3 cm³/mol. The molecular weight excluding hydrogens is 244 g/mol. The highest BCUT2D eigenvalue weighted by Crippen LogP contribution is 2.22. The lowest BCUT2D eigenvalue weighted by Gasteiger charge is -2.08. The fraction of sp³-hybridized carbons (Fsp3) is 0.214. The number of aromatic nitrogens is 2. The van der Waals surface area contributed by atoms with Crippen LogP contribution in [0, 0.1) is 13.8 Å². The highest BCUT2D eigenvalue weighted by atomic mass is 16.4. The third-order valence-electron chi connectivity index (χ3n) is 2.96. The number of nitrogens with zero attached hydrogens (tertiary/aromatic N) is 2. The van der Waals surface area contributed by atoms with Gasteiger partial charge in [0.15, 0.2) is 0 Å². The lowest BCUT2D eigenvalue weighted by molar-refractivity contribution is 0.0694. The fourth-order valence-electron chi connectivity index (χ4n) is 1.91. The van der Waals surface area contributed by atoms with Gasteiger partial charge < -0.3 is 5.11 Å². The summed E-state index contributed by atoms with van der Waals surface area (Å²) in [4.78, 5) is 22.7. The molecule has 2 aromatic rings. The Labute approximate surface area is 110 Å². The van der Waals surface area contributed by atoms with Crippen molar-refractivity contribution in [2.24, 2.45) is 7.05 Å². The predicted octanol–water partition coefficient (Wildman–Crippen LogP) is 1.76. The number of hydrogen-bond donors (Lipinski definition) is 1. The van der Waals surface area contributed by atoms with Gasteiger partial charge in [-0.15, -0.1) is 0 Å². The highest BCUT2D eigenvalue weighted by molar-refractivity contribution is 5.88. The summed E-state index contributed by atoms with van der Waals surface area (Å²) < 4.78 is 1.06. The molecule has 0 spiro atoms. The van der Waals surface area contributed by atoms with E-state index in [1.807, 2.05) is 32.0 Å². The normalized spacial score (nSPS) is 10.5. The molecule has 1 heterocycles. The van der Waals surface area contributed by atoms with E-state index in [-0.39, 0.29) is 5.56 Å². The SMILES string of the molecule is Cc1ccc(C)c(-c2cc(C(=O)O)c(=O)n(C)n2)c1. The minimum atomic E-state index is -1.24. The van der Waals surface area contributed by atoms with Gasteiger partial charge in [-0.1, -0.05) is 17.7 Å². The van der Waals surface area contributed by atoms with Crippen molar-refractivity contribution in [3.8, 4) is 11.3 Å². The molecule has 0 aliphatic carbocycles. The summed E-state index contributed by atoms with van der Waals surface area (Å²) in [6.07, 6.45) is 0. The van der Waals surface area contributed by atoms with Crippen molar-refractivity contribution in [1.29, 1.82) is 0 Å². The van der Waals surface area contributed by atoms with Gasteiger partial charge in [0.05, 0.1) is 5.69 Å². The van der Waals surface area contributed by atoms with E-state index < -0.39 is 11.5 Å². The highest BCUT2D eigenvalue weighted by Gasteiger charge is 2.14. The van der Waals surface area contributed by atoms with Crippen LogP contribution in [0.15, 0.2) is 29.1 Å². The molecular formula is C14H14N2O3. The van der Waals surface area contributed by atoms with Crippen LogP contribution in [-0.4, -0.2) is 20.9 Å². The average molecular weight is 258 g/mol. The number of aromatic carboxylic acids is 1. The molecule has 5 heteroatoms. The molecule has 98 valence electrons. The summed E-state index contributed by atoms with van der Waals surface area (Å²) >= 11 is 0. The minimum absolute atomic E-state index is 0.270. The van der Waals surface area contributed by atoms with Crippen LogP contribution in [0.25, 0.3) is 11.3 Å². The number of carboxylic acid groups (broad SMARTS) is 1. The summed E-state index contributed by atoms with van der Waals surface area (Å²) in [5, 5.41) is 13.2. The number of hydrogen-bond acceptors (Lipinski definition) is 3. The van der Waals surface area contributed by atoms with Crippen molar-refractivity contribution in [2.75, 3.05) is 0 Å². The molecule has 0 unspecified atom stereocenters. The minimum Gasteiger partial charge on any atom is -0.477 e. The molecule has 0 amide bonds. The molecule has 19 heavy (non-hydrogen) atoms. The smallest absolute Gasteiger partial charge is 0.341 e. The molecule has 1 aromatic carbocycles. The van der Waals surface area contributed by atoms with Crippen LogP contribution in [0.5, 0.6) is 0 Å². The molecule has 0 saturated carbocycles. The number of carboxylic acids is 1. The van der Waals surface area contributed by atoms with Crippen molar-refractivity contribution in [3.63, 3.8) is 0 Å². The first-order valence-electron chi connectivity index (χ1n) is 5.79. The van der Waals surface area contributed by atoms with Gasteiger partial charge in [-0.05, 0) is 31.5 Å². The van der Waals surface area contributed by atoms with Crippen molar-refractivity contribution < 1.29 is 9.90 Å². The molecule has 0 aliphatic heterocycles. The van der Waals surface area contributed by atoms with E-state index in [0.29, 0.717) is 5.69 Å². The Bertz CT molecular complexity index is 717. The van der Waals surface area contributed by atoms with Crippen LogP contribution >= 0.6 is 0 Å². The molecule has 0 saturated heterocycles. The van der Waals surface area contributed by atoms with Gasteiger partial charge in [0.2, 0.25) is 0 Å². The van der Waals surface area contributed by atoms with Crippen LogP contribution < -0.4 is 5.56 Å². The maximum absolute atomic E-state index is 11.7.